The summed E-state index contributed by atoms with van der Waals surface area (Å²) in [5.74, 6) is 2.83. The van der Waals surface area contributed by atoms with Crippen molar-refractivity contribution in [3.63, 3.8) is 0 Å². The van der Waals surface area contributed by atoms with Gasteiger partial charge >= 0.3 is 0 Å². The quantitative estimate of drug-likeness (QED) is 0.137. The fourth-order valence-electron chi connectivity index (χ4n) is 7.78. The Morgan fingerprint density at radius 1 is 0.706 bits per heavy atom. The number of pyridine rings is 1. The summed E-state index contributed by atoms with van der Waals surface area (Å²) in [7, 11) is 0. The average molecular weight is 675 g/mol. The Bertz CT molecular complexity index is 2350. The second-order valence-electron chi connectivity index (χ2n) is 14.4. The standard InChI is InChI=1S/C46H50N4O/c1-9-14-40-46(45-31(7)22-30(6)23-32(45)8)42(15-10-2)50(48-40)35-25-34(29(4)5)26-37(27-35)51-36-18-19-39-38-16-12-13-17-41(38)49(43(39)28-36)44-24-33(11-3)20-21-47-44/h12-13,16-29H,9-11,14-15H2,1-8H3. The van der Waals surface area contributed by atoms with Crippen molar-refractivity contribution < 1.29 is 4.74 Å². The first-order valence-electron chi connectivity index (χ1n) is 18.7. The third-order valence-electron chi connectivity index (χ3n) is 10.1. The molecule has 0 N–H and O–H groups in total. The lowest BCUT2D eigenvalue weighted by molar-refractivity contribution is 0.481. The summed E-state index contributed by atoms with van der Waals surface area (Å²) in [4.78, 5) is 4.81. The summed E-state index contributed by atoms with van der Waals surface area (Å²) in [5.41, 5.74) is 14.7. The first-order chi connectivity index (χ1) is 24.7. The molecule has 3 aromatic heterocycles. The number of rotatable bonds is 11. The van der Waals surface area contributed by atoms with Crippen molar-refractivity contribution in [1.82, 2.24) is 19.3 Å². The van der Waals surface area contributed by atoms with Gasteiger partial charge in [0.2, 0.25) is 0 Å². The lowest BCUT2D eigenvalue weighted by Crippen LogP contribution is -2.05. The number of ether oxygens (including phenoxy) is 1. The first-order valence-corrected chi connectivity index (χ1v) is 18.7. The smallest absolute Gasteiger partial charge is 0.137 e. The highest BCUT2D eigenvalue weighted by Crippen LogP contribution is 2.39. The molecule has 0 aliphatic heterocycles. The van der Waals surface area contributed by atoms with Crippen molar-refractivity contribution in [3.8, 4) is 34.1 Å². The zero-order valence-corrected chi connectivity index (χ0v) is 31.5. The molecule has 51 heavy (non-hydrogen) atoms. The van der Waals surface area contributed by atoms with E-state index in [1.54, 1.807) is 0 Å². The highest BCUT2D eigenvalue weighted by Gasteiger charge is 2.23. The maximum Gasteiger partial charge on any atom is 0.137 e. The fourth-order valence-corrected chi connectivity index (χ4v) is 7.78. The predicted molar refractivity (Wildman–Crippen MR) is 213 cm³/mol. The summed E-state index contributed by atoms with van der Waals surface area (Å²) >= 11 is 0. The third-order valence-corrected chi connectivity index (χ3v) is 10.1. The van der Waals surface area contributed by atoms with E-state index in [1.807, 2.05) is 6.20 Å². The molecule has 0 saturated carbocycles. The Balaban J connectivity index is 1.38. The normalized spacial score (nSPS) is 11.7. The van der Waals surface area contributed by atoms with Crippen LogP contribution in [0.2, 0.25) is 0 Å². The van der Waals surface area contributed by atoms with E-state index >= 15 is 0 Å². The maximum atomic E-state index is 6.82. The maximum absolute atomic E-state index is 6.82. The van der Waals surface area contributed by atoms with Gasteiger partial charge in [-0.3, -0.25) is 4.57 Å². The van der Waals surface area contributed by atoms with Crippen molar-refractivity contribution in [1.29, 1.82) is 0 Å². The zero-order valence-electron chi connectivity index (χ0n) is 31.5. The van der Waals surface area contributed by atoms with E-state index in [4.69, 9.17) is 14.8 Å². The lowest BCUT2D eigenvalue weighted by Gasteiger charge is -2.17. The molecule has 0 bridgehead atoms. The number of aryl methyl sites for hydroxylation is 5. The molecule has 260 valence electrons. The molecule has 7 rings (SSSR count). The average Bonchev–Trinajstić information content (AvgIpc) is 3.63. The number of aromatic nitrogens is 4. The Kier molecular flexibility index (Phi) is 9.56. The summed E-state index contributed by atoms with van der Waals surface area (Å²) in [6.07, 6.45) is 6.81. The van der Waals surface area contributed by atoms with E-state index in [0.717, 1.165) is 66.1 Å². The molecule has 0 radical (unpaired) electrons. The number of hydrogen-bond donors (Lipinski definition) is 0. The summed E-state index contributed by atoms with van der Waals surface area (Å²) in [6.45, 7) is 17.9. The highest BCUT2D eigenvalue weighted by molar-refractivity contribution is 6.09. The van der Waals surface area contributed by atoms with Crippen LogP contribution in [0.4, 0.5) is 0 Å². The largest absolute Gasteiger partial charge is 0.457 e. The predicted octanol–water partition coefficient (Wildman–Crippen LogP) is 12.3. The summed E-state index contributed by atoms with van der Waals surface area (Å²) in [5, 5.41) is 7.77. The number of hydrogen-bond acceptors (Lipinski definition) is 3. The molecule has 0 fully saturated rings. The minimum absolute atomic E-state index is 0.315. The first kappa shape index (κ1) is 34.3. The van der Waals surface area contributed by atoms with Crippen LogP contribution in [0.25, 0.3) is 44.4 Å². The number of para-hydroxylation sites is 1. The number of fused-ring (bicyclic) bond motifs is 3. The van der Waals surface area contributed by atoms with Crippen LogP contribution in [0.5, 0.6) is 11.5 Å². The van der Waals surface area contributed by atoms with Gasteiger partial charge in [-0.25, -0.2) is 9.67 Å². The Morgan fingerprint density at radius 2 is 1.45 bits per heavy atom. The highest BCUT2D eigenvalue weighted by atomic mass is 16.5. The van der Waals surface area contributed by atoms with Crippen LogP contribution in [0.15, 0.2) is 91.1 Å². The van der Waals surface area contributed by atoms with Crippen LogP contribution in [0.1, 0.15) is 92.6 Å². The van der Waals surface area contributed by atoms with Crippen molar-refractivity contribution in [2.75, 3.05) is 0 Å². The van der Waals surface area contributed by atoms with Crippen LogP contribution in [-0.2, 0) is 19.3 Å². The monoisotopic (exact) mass is 674 g/mol. The van der Waals surface area contributed by atoms with Gasteiger partial charge in [-0.1, -0.05) is 83.4 Å². The van der Waals surface area contributed by atoms with Crippen molar-refractivity contribution in [3.05, 3.63) is 130 Å². The van der Waals surface area contributed by atoms with E-state index in [9.17, 15) is 0 Å². The fraction of sp³-hybridized carbons (Fsp3) is 0.304. The Hall–Kier alpha value is -5.16. The molecule has 3 heterocycles. The molecule has 7 aromatic rings. The van der Waals surface area contributed by atoms with E-state index in [0.29, 0.717) is 5.92 Å². The molecule has 0 aliphatic carbocycles. The third kappa shape index (κ3) is 6.46. The molecular weight excluding hydrogens is 625 g/mol. The van der Waals surface area contributed by atoms with Crippen LogP contribution >= 0.6 is 0 Å². The minimum atomic E-state index is 0.315. The summed E-state index contributed by atoms with van der Waals surface area (Å²) in [6, 6.07) is 30.5. The molecule has 5 nitrogen and oxygen atoms in total. The van der Waals surface area contributed by atoms with E-state index in [2.05, 4.69) is 150 Å². The molecule has 0 atom stereocenters. The van der Waals surface area contributed by atoms with Gasteiger partial charge in [0, 0.05) is 34.7 Å². The van der Waals surface area contributed by atoms with Crippen molar-refractivity contribution in [2.45, 2.75) is 93.4 Å². The van der Waals surface area contributed by atoms with Gasteiger partial charge in [-0.15, -0.1) is 0 Å². The minimum Gasteiger partial charge on any atom is -0.457 e. The van der Waals surface area contributed by atoms with Gasteiger partial charge in [0.1, 0.15) is 17.3 Å². The van der Waals surface area contributed by atoms with Gasteiger partial charge < -0.3 is 4.74 Å². The van der Waals surface area contributed by atoms with Gasteiger partial charge in [0.25, 0.3) is 0 Å². The van der Waals surface area contributed by atoms with Gasteiger partial charge in [0.05, 0.1) is 28.1 Å². The lowest BCUT2D eigenvalue weighted by atomic mass is 9.90. The van der Waals surface area contributed by atoms with E-state index < -0.39 is 0 Å². The van der Waals surface area contributed by atoms with Crippen molar-refractivity contribution >= 4 is 21.8 Å². The second-order valence-corrected chi connectivity index (χ2v) is 14.4. The zero-order chi connectivity index (χ0) is 35.8. The number of nitrogens with zero attached hydrogens (tertiary/aromatic N) is 4. The Labute approximate surface area is 302 Å². The van der Waals surface area contributed by atoms with Crippen LogP contribution in [0.3, 0.4) is 0 Å². The van der Waals surface area contributed by atoms with Crippen LogP contribution < -0.4 is 4.74 Å². The molecule has 5 heteroatoms. The van der Waals surface area contributed by atoms with Crippen molar-refractivity contribution in [2.24, 2.45) is 0 Å². The number of benzene rings is 4. The topological polar surface area (TPSA) is 44.9 Å². The molecule has 0 unspecified atom stereocenters. The molecule has 4 aromatic carbocycles. The van der Waals surface area contributed by atoms with E-state index in [-0.39, 0.29) is 0 Å². The molecule has 0 amide bonds. The Morgan fingerprint density at radius 3 is 2.18 bits per heavy atom. The second kappa shape index (κ2) is 14.2. The molecular formula is C46H50N4O. The van der Waals surface area contributed by atoms with Gasteiger partial charge in [-0.05, 0) is 116 Å². The van der Waals surface area contributed by atoms with Gasteiger partial charge in [-0.2, -0.15) is 5.10 Å². The van der Waals surface area contributed by atoms with Crippen LogP contribution in [0, 0.1) is 20.8 Å². The van der Waals surface area contributed by atoms with Crippen LogP contribution in [-0.4, -0.2) is 19.3 Å². The van der Waals surface area contributed by atoms with Gasteiger partial charge in [0.15, 0.2) is 0 Å². The molecule has 0 saturated heterocycles. The molecule has 0 aliphatic rings. The SMILES string of the molecule is CCCc1nn(-c2cc(Oc3ccc4c5ccccc5n(-c5cc(CC)ccn5)c4c3)cc(C(C)C)c2)c(CCC)c1-c1c(C)cc(C)cc1C. The van der Waals surface area contributed by atoms with E-state index in [1.165, 1.54) is 61.1 Å². The molecule has 0 spiro atoms. The summed E-state index contributed by atoms with van der Waals surface area (Å²) < 4.78 is 11.3.